The number of carbonyl (C=O) groups is 3. The van der Waals surface area contributed by atoms with Gasteiger partial charge < -0.3 is 9.47 Å². The van der Waals surface area contributed by atoms with Gasteiger partial charge in [-0.25, -0.2) is 4.79 Å². The lowest BCUT2D eigenvalue weighted by molar-refractivity contribution is -0.167. The van der Waals surface area contributed by atoms with E-state index in [-0.39, 0.29) is 12.4 Å². The van der Waals surface area contributed by atoms with Gasteiger partial charge in [-0.1, -0.05) is 48.5 Å². The Balaban J connectivity index is 2.12. The van der Waals surface area contributed by atoms with E-state index >= 15 is 0 Å². The van der Waals surface area contributed by atoms with Crippen molar-refractivity contribution in [2.75, 3.05) is 6.61 Å². The molecule has 0 amide bonds. The Morgan fingerprint density at radius 1 is 0.885 bits per heavy atom. The van der Waals surface area contributed by atoms with Crippen LogP contribution in [0, 0.1) is 0 Å². The molecule has 0 aliphatic carbocycles. The van der Waals surface area contributed by atoms with Crippen LogP contribution in [0.5, 0.6) is 0 Å². The van der Waals surface area contributed by atoms with Gasteiger partial charge in [-0.3, -0.25) is 9.59 Å². The number of esters is 2. The lowest BCUT2D eigenvalue weighted by Gasteiger charge is -2.16. The van der Waals surface area contributed by atoms with Crippen LogP contribution in [-0.2, 0) is 19.1 Å². The molecule has 5 heteroatoms. The minimum atomic E-state index is -0.973. The minimum absolute atomic E-state index is 0.118. The average molecular weight is 354 g/mol. The van der Waals surface area contributed by atoms with Crippen LogP contribution in [0.3, 0.4) is 0 Å². The number of hydrogen-bond acceptors (Lipinski definition) is 5. The fourth-order valence-corrected chi connectivity index (χ4v) is 2.43. The number of benzene rings is 2. The first-order valence-corrected chi connectivity index (χ1v) is 8.50. The zero-order valence-electron chi connectivity index (χ0n) is 15.1. The first-order chi connectivity index (χ1) is 12.4. The van der Waals surface area contributed by atoms with Crippen LogP contribution in [0.4, 0.5) is 0 Å². The van der Waals surface area contributed by atoms with Gasteiger partial charge in [0.25, 0.3) is 0 Å². The van der Waals surface area contributed by atoms with Crippen molar-refractivity contribution in [1.82, 2.24) is 0 Å². The van der Waals surface area contributed by atoms with E-state index in [0.29, 0.717) is 16.7 Å². The van der Waals surface area contributed by atoms with Crippen molar-refractivity contribution in [3.63, 3.8) is 0 Å². The van der Waals surface area contributed by atoms with E-state index in [2.05, 4.69) is 0 Å². The Kier molecular flexibility index (Phi) is 6.67. The first-order valence-electron chi connectivity index (χ1n) is 8.50. The average Bonchev–Trinajstić information content (AvgIpc) is 2.67. The molecule has 0 heterocycles. The monoisotopic (exact) mass is 354 g/mol. The van der Waals surface area contributed by atoms with Crippen molar-refractivity contribution in [3.05, 3.63) is 71.3 Å². The number of carbonyl (C=O) groups excluding carboxylic acids is 3. The smallest absolute Gasteiger partial charge is 0.347 e. The Labute approximate surface area is 152 Å². The van der Waals surface area contributed by atoms with E-state index in [0.717, 1.165) is 0 Å². The van der Waals surface area contributed by atoms with Gasteiger partial charge in [0.05, 0.1) is 12.5 Å². The highest BCUT2D eigenvalue weighted by atomic mass is 16.6. The van der Waals surface area contributed by atoms with Crippen LogP contribution in [0.15, 0.2) is 54.6 Å². The zero-order valence-corrected chi connectivity index (χ0v) is 15.1. The molecule has 0 spiro atoms. The van der Waals surface area contributed by atoms with Crippen LogP contribution >= 0.6 is 0 Å². The Morgan fingerprint density at radius 3 is 2.19 bits per heavy atom. The van der Waals surface area contributed by atoms with Gasteiger partial charge >= 0.3 is 11.9 Å². The molecular formula is C21H22O5. The zero-order chi connectivity index (χ0) is 19.1. The molecule has 2 rings (SSSR count). The molecule has 2 atom stereocenters. The topological polar surface area (TPSA) is 69.7 Å². The standard InChI is InChI=1S/C21H22O5/c1-4-25-21(24)15(3)26-20(23)14(2)17-11-8-12-18(13-17)19(22)16-9-6-5-7-10-16/h5-15H,4H2,1-3H3/t14-,15-/m0/s1. The van der Waals surface area contributed by atoms with Crippen LogP contribution < -0.4 is 0 Å². The van der Waals surface area contributed by atoms with Gasteiger partial charge in [-0.15, -0.1) is 0 Å². The van der Waals surface area contributed by atoms with Gasteiger partial charge in [-0.05, 0) is 32.4 Å². The highest BCUT2D eigenvalue weighted by molar-refractivity contribution is 6.09. The van der Waals surface area contributed by atoms with Gasteiger partial charge in [0.15, 0.2) is 11.9 Å². The second-order valence-electron chi connectivity index (χ2n) is 5.87. The summed E-state index contributed by atoms with van der Waals surface area (Å²) in [4.78, 5) is 36.4. The second kappa shape index (κ2) is 8.94. The maximum absolute atomic E-state index is 12.6. The van der Waals surface area contributed by atoms with E-state index in [4.69, 9.17) is 9.47 Å². The highest BCUT2D eigenvalue weighted by Gasteiger charge is 2.24. The molecule has 0 aromatic heterocycles. The summed E-state index contributed by atoms with van der Waals surface area (Å²) in [6.45, 7) is 5.05. The molecule has 0 aliphatic heterocycles. The van der Waals surface area contributed by atoms with Crippen molar-refractivity contribution in [3.8, 4) is 0 Å². The fraction of sp³-hybridized carbons (Fsp3) is 0.286. The molecule has 0 fully saturated rings. The summed E-state index contributed by atoms with van der Waals surface area (Å²) in [5, 5.41) is 0. The Morgan fingerprint density at radius 2 is 1.54 bits per heavy atom. The van der Waals surface area contributed by atoms with Crippen molar-refractivity contribution in [2.45, 2.75) is 32.8 Å². The first kappa shape index (κ1) is 19.4. The van der Waals surface area contributed by atoms with Crippen LogP contribution in [0.1, 0.15) is 48.2 Å². The summed E-state index contributed by atoms with van der Waals surface area (Å²) < 4.78 is 10.00. The van der Waals surface area contributed by atoms with Crippen LogP contribution in [0.25, 0.3) is 0 Å². The summed E-state index contributed by atoms with van der Waals surface area (Å²) >= 11 is 0. The van der Waals surface area contributed by atoms with Crippen molar-refractivity contribution in [2.24, 2.45) is 0 Å². The quantitative estimate of drug-likeness (QED) is 0.562. The second-order valence-corrected chi connectivity index (χ2v) is 5.87. The Hall–Kier alpha value is -2.95. The van der Waals surface area contributed by atoms with Crippen LogP contribution in [0.2, 0.25) is 0 Å². The fourth-order valence-electron chi connectivity index (χ4n) is 2.43. The van der Waals surface area contributed by atoms with Gasteiger partial charge in [0.1, 0.15) is 0 Å². The third-order valence-electron chi connectivity index (χ3n) is 3.95. The summed E-state index contributed by atoms with van der Waals surface area (Å²) in [5.74, 6) is -1.86. The number of rotatable bonds is 7. The number of ether oxygens (including phenoxy) is 2. The molecule has 2 aromatic carbocycles. The molecule has 136 valence electrons. The summed E-state index contributed by atoms with van der Waals surface area (Å²) in [6, 6.07) is 15.8. The normalized spacial score (nSPS) is 12.7. The molecule has 0 N–H and O–H groups in total. The number of hydrogen-bond donors (Lipinski definition) is 0. The van der Waals surface area contributed by atoms with Crippen molar-refractivity contribution in [1.29, 1.82) is 0 Å². The van der Waals surface area contributed by atoms with Gasteiger partial charge in [0.2, 0.25) is 0 Å². The summed E-state index contributed by atoms with van der Waals surface area (Å²) in [5.41, 5.74) is 1.72. The van der Waals surface area contributed by atoms with Gasteiger partial charge in [-0.2, -0.15) is 0 Å². The molecule has 0 radical (unpaired) electrons. The lowest BCUT2D eigenvalue weighted by atomic mass is 9.96. The SMILES string of the molecule is CCOC(=O)[C@H](C)OC(=O)[C@@H](C)c1cccc(C(=O)c2ccccc2)c1. The summed E-state index contributed by atoms with van der Waals surface area (Å²) in [6.07, 6.45) is -0.973. The lowest BCUT2D eigenvalue weighted by Crippen LogP contribution is -2.28. The summed E-state index contributed by atoms with van der Waals surface area (Å²) in [7, 11) is 0. The maximum Gasteiger partial charge on any atom is 0.347 e. The maximum atomic E-state index is 12.6. The van der Waals surface area contributed by atoms with E-state index in [1.807, 2.05) is 6.07 Å². The predicted octanol–water partition coefficient (Wildman–Crippen LogP) is 3.52. The van der Waals surface area contributed by atoms with E-state index in [1.54, 1.807) is 62.4 Å². The Bertz CT molecular complexity index is 782. The third kappa shape index (κ3) is 4.79. The molecular weight excluding hydrogens is 332 g/mol. The molecule has 2 aromatic rings. The van der Waals surface area contributed by atoms with Crippen LogP contribution in [-0.4, -0.2) is 30.4 Å². The molecule has 0 aliphatic rings. The molecule has 0 saturated carbocycles. The van der Waals surface area contributed by atoms with Gasteiger partial charge in [0, 0.05) is 11.1 Å². The van der Waals surface area contributed by atoms with E-state index in [9.17, 15) is 14.4 Å². The van der Waals surface area contributed by atoms with Crippen molar-refractivity contribution < 1.29 is 23.9 Å². The minimum Gasteiger partial charge on any atom is -0.463 e. The third-order valence-corrected chi connectivity index (χ3v) is 3.95. The predicted molar refractivity (Wildman–Crippen MR) is 96.9 cm³/mol. The molecule has 26 heavy (non-hydrogen) atoms. The van der Waals surface area contributed by atoms with Crippen molar-refractivity contribution >= 4 is 17.7 Å². The highest BCUT2D eigenvalue weighted by Crippen LogP contribution is 2.20. The number of ketones is 1. The van der Waals surface area contributed by atoms with E-state index in [1.165, 1.54) is 6.92 Å². The molecule has 0 saturated heterocycles. The largest absolute Gasteiger partial charge is 0.463 e. The molecule has 0 unspecified atom stereocenters. The van der Waals surface area contributed by atoms with E-state index < -0.39 is 24.0 Å². The molecule has 0 bridgehead atoms. The molecule has 5 nitrogen and oxygen atoms in total.